The third kappa shape index (κ3) is 3.92. The van der Waals surface area contributed by atoms with Crippen LogP contribution in [0.4, 0.5) is 0 Å². The minimum absolute atomic E-state index is 0.0349. The second-order valence-electron chi connectivity index (χ2n) is 6.23. The molecule has 1 saturated carbocycles. The molecule has 116 valence electrons. The summed E-state index contributed by atoms with van der Waals surface area (Å²) in [4.78, 5) is 22.3. The van der Waals surface area contributed by atoms with Gasteiger partial charge in [-0.3, -0.25) is 4.79 Å². The lowest BCUT2D eigenvalue weighted by atomic mass is 9.75. The van der Waals surface area contributed by atoms with E-state index in [2.05, 4.69) is 41.2 Å². The molecule has 2 rings (SSSR count). The van der Waals surface area contributed by atoms with Crippen molar-refractivity contribution in [2.45, 2.75) is 38.1 Å². The Kier molecular flexibility index (Phi) is 5.17. The molecule has 1 aliphatic rings. The lowest BCUT2D eigenvalue weighted by Gasteiger charge is -2.45. The molecule has 0 radical (unpaired) electrons. The normalized spacial score (nSPS) is 25.9. The van der Waals surface area contributed by atoms with Crippen LogP contribution in [0.15, 0.2) is 12.4 Å². The van der Waals surface area contributed by atoms with Crippen molar-refractivity contribution >= 4 is 17.5 Å². The monoisotopic (exact) mass is 310 g/mol. The first-order chi connectivity index (χ1) is 9.93. The number of likely N-dealkylation sites (N-methyl/N-ethyl adjacent to an activating group) is 1. The largest absolute Gasteiger partial charge is 0.349 e. The number of nitrogens with zero attached hydrogens (tertiary/aromatic N) is 3. The van der Waals surface area contributed by atoms with Gasteiger partial charge in [-0.05, 0) is 32.9 Å². The molecule has 1 fully saturated rings. The maximum absolute atomic E-state index is 12.2. The van der Waals surface area contributed by atoms with Crippen molar-refractivity contribution in [1.82, 2.24) is 20.2 Å². The van der Waals surface area contributed by atoms with Gasteiger partial charge in [-0.15, -0.1) is 0 Å². The molecule has 1 heterocycles. The average Bonchev–Trinajstić information content (AvgIpc) is 2.45. The molecular weight excluding hydrogens is 288 g/mol. The highest BCUT2D eigenvalue weighted by Crippen LogP contribution is 2.35. The van der Waals surface area contributed by atoms with Gasteiger partial charge in [0, 0.05) is 12.1 Å². The topological polar surface area (TPSA) is 58.1 Å². The molecule has 0 spiro atoms. The Morgan fingerprint density at radius 3 is 2.81 bits per heavy atom. The van der Waals surface area contributed by atoms with Crippen LogP contribution in [-0.4, -0.2) is 47.0 Å². The van der Waals surface area contributed by atoms with Crippen LogP contribution >= 0.6 is 11.6 Å². The van der Waals surface area contributed by atoms with Crippen molar-refractivity contribution in [1.29, 1.82) is 0 Å². The van der Waals surface area contributed by atoms with E-state index >= 15 is 0 Å². The van der Waals surface area contributed by atoms with Crippen molar-refractivity contribution in [3.05, 3.63) is 23.2 Å². The van der Waals surface area contributed by atoms with E-state index in [-0.39, 0.29) is 16.6 Å². The first-order valence-electron chi connectivity index (χ1n) is 7.36. The van der Waals surface area contributed by atoms with Crippen LogP contribution in [0.5, 0.6) is 0 Å². The van der Waals surface area contributed by atoms with Crippen molar-refractivity contribution in [2.24, 2.45) is 5.92 Å². The fraction of sp³-hybridized carbons (Fsp3) is 0.667. The maximum Gasteiger partial charge on any atom is 0.271 e. The second kappa shape index (κ2) is 6.71. The van der Waals surface area contributed by atoms with Crippen molar-refractivity contribution in [2.75, 3.05) is 20.6 Å². The van der Waals surface area contributed by atoms with E-state index in [1.165, 1.54) is 25.2 Å². The fourth-order valence-electron chi connectivity index (χ4n) is 3.12. The van der Waals surface area contributed by atoms with Gasteiger partial charge >= 0.3 is 0 Å². The highest BCUT2D eigenvalue weighted by atomic mass is 35.5. The van der Waals surface area contributed by atoms with Gasteiger partial charge in [0.1, 0.15) is 10.8 Å². The minimum atomic E-state index is -0.196. The zero-order chi connectivity index (χ0) is 15.5. The maximum atomic E-state index is 12.2. The molecule has 0 bridgehead atoms. The highest BCUT2D eigenvalue weighted by molar-refractivity contribution is 6.29. The first-order valence-corrected chi connectivity index (χ1v) is 7.74. The number of carbonyl (C=O) groups is 1. The van der Waals surface area contributed by atoms with Crippen LogP contribution < -0.4 is 5.32 Å². The van der Waals surface area contributed by atoms with E-state index in [1.807, 2.05) is 0 Å². The van der Waals surface area contributed by atoms with Crippen LogP contribution in [0.1, 0.15) is 43.1 Å². The Hall–Kier alpha value is -1.20. The number of carbonyl (C=O) groups excluding carboxylic acids is 1. The number of rotatable bonds is 4. The van der Waals surface area contributed by atoms with Crippen molar-refractivity contribution < 1.29 is 4.79 Å². The summed E-state index contributed by atoms with van der Waals surface area (Å²) >= 11 is 5.68. The van der Waals surface area contributed by atoms with Crippen molar-refractivity contribution in [3.8, 4) is 0 Å². The predicted molar refractivity (Wildman–Crippen MR) is 83.4 cm³/mol. The molecule has 1 amide bonds. The van der Waals surface area contributed by atoms with Gasteiger partial charge in [-0.2, -0.15) is 0 Å². The van der Waals surface area contributed by atoms with E-state index in [0.717, 1.165) is 12.8 Å². The van der Waals surface area contributed by atoms with Gasteiger partial charge in [0.15, 0.2) is 0 Å². The third-order valence-corrected chi connectivity index (χ3v) is 4.64. The van der Waals surface area contributed by atoms with E-state index in [4.69, 9.17) is 11.6 Å². The van der Waals surface area contributed by atoms with E-state index in [9.17, 15) is 4.79 Å². The molecule has 1 aliphatic carbocycles. The second-order valence-corrected chi connectivity index (χ2v) is 6.61. The molecule has 0 saturated heterocycles. The Balaban J connectivity index is 2.02. The summed E-state index contributed by atoms with van der Waals surface area (Å²) in [6.45, 7) is 2.91. The summed E-state index contributed by atoms with van der Waals surface area (Å²) in [5.74, 6) is 0.493. The molecule has 1 N–H and O–H groups in total. The summed E-state index contributed by atoms with van der Waals surface area (Å²) < 4.78 is 0. The number of hydrogen-bond donors (Lipinski definition) is 1. The summed E-state index contributed by atoms with van der Waals surface area (Å²) in [6, 6.07) is 0. The average molecular weight is 311 g/mol. The van der Waals surface area contributed by atoms with E-state index in [1.54, 1.807) is 0 Å². The number of hydrogen-bond acceptors (Lipinski definition) is 4. The highest BCUT2D eigenvalue weighted by Gasteiger charge is 2.37. The lowest BCUT2D eigenvalue weighted by Crippen LogP contribution is -2.55. The number of nitrogens with one attached hydrogen (secondary N) is 1. The van der Waals surface area contributed by atoms with Gasteiger partial charge in [-0.1, -0.05) is 31.4 Å². The van der Waals surface area contributed by atoms with Crippen LogP contribution in [0.25, 0.3) is 0 Å². The molecule has 0 aliphatic heterocycles. The van der Waals surface area contributed by atoms with Gasteiger partial charge in [0.05, 0.1) is 12.4 Å². The SMILES string of the molecule is CC1CCCC(CNC(=O)c2cnc(Cl)cn2)(N(C)C)C1. The predicted octanol–water partition coefficient (Wildman–Crippen LogP) is 2.37. The van der Waals surface area contributed by atoms with Crippen LogP contribution in [-0.2, 0) is 0 Å². The Morgan fingerprint density at radius 1 is 1.48 bits per heavy atom. The Morgan fingerprint density at radius 2 is 2.24 bits per heavy atom. The van der Waals surface area contributed by atoms with Gasteiger partial charge < -0.3 is 10.2 Å². The number of aromatic nitrogens is 2. The zero-order valence-electron chi connectivity index (χ0n) is 12.9. The van der Waals surface area contributed by atoms with E-state index < -0.39 is 0 Å². The molecule has 1 aromatic rings. The third-order valence-electron chi connectivity index (χ3n) is 4.45. The van der Waals surface area contributed by atoms with Gasteiger partial charge in [0.2, 0.25) is 0 Å². The molecule has 2 unspecified atom stereocenters. The lowest BCUT2D eigenvalue weighted by molar-refractivity contribution is 0.0673. The van der Waals surface area contributed by atoms with Crippen molar-refractivity contribution in [3.63, 3.8) is 0 Å². The van der Waals surface area contributed by atoms with Gasteiger partial charge in [0.25, 0.3) is 5.91 Å². The molecular formula is C15H23ClN4O. The molecule has 5 nitrogen and oxygen atoms in total. The van der Waals surface area contributed by atoms with Gasteiger partial charge in [-0.25, -0.2) is 9.97 Å². The first kappa shape index (κ1) is 16.2. The molecule has 0 aromatic carbocycles. The summed E-state index contributed by atoms with van der Waals surface area (Å²) in [6.07, 6.45) is 7.48. The molecule has 2 atom stereocenters. The minimum Gasteiger partial charge on any atom is -0.349 e. The number of halogens is 1. The molecule has 6 heteroatoms. The van der Waals surface area contributed by atoms with E-state index in [0.29, 0.717) is 18.2 Å². The summed E-state index contributed by atoms with van der Waals surface area (Å²) in [5, 5.41) is 3.29. The fourth-order valence-corrected chi connectivity index (χ4v) is 3.22. The summed E-state index contributed by atoms with van der Waals surface area (Å²) in [7, 11) is 4.18. The molecule has 1 aromatic heterocycles. The van der Waals surface area contributed by atoms with Crippen LogP contribution in [0.3, 0.4) is 0 Å². The smallest absolute Gasteiger partial charge is 0.271 e. The number of amides is 1. The van der Waals surface area contributed by atoms with Crippen LogP contribution in [0, 0.1) is 5.92 Å². The quantitative estimate of drug-likeness (QED) is 0.927. The van der Waals surface area contributed by atoms with Crippen LogP contribution in [0.2, 0.25) is 5.15 Å². The standard InChI is InChI=1S/C15H23ClN4O/c1-11-5-4-6-15(7-11,20(2)3)10-19-14(21)12-8-18-13(16)9-17-12/h8-9,11H,4-7,10H2,1-3H3,(H,19,21). The summed E-state index contributed by atoms with van der Waals surface area (Å²) in [5.41, 5.74) is 0.338. The zero-order valence-corrected chi connectivity index (χ0v) is 13.7. The Labute approximate surface area is 131 Å². The Bertz CT molecular complexity index is 491. The molecule has 21 heavy (non-hydrogen) atoms.